The topological polar surface area (TPSA) is 67.2 Å². The zero-order valence-corrected chi connectivity index (χ0v) is 7.97. The molecule has 0 amide bonds. The second kappa shape index (κ2) is 3.42. The van der Waals surface area contributed by atoms with E-state index in [0.717, 1.165) is 12.1 Å². The largest absolute Gasteiger partial charge is 0.481 e. The van der Waals surface area contributed by atoms with Crippen LogP contribution in [-0.4, -0.2) is 27.4 Å². The first-order valence-electron chi connectivity index (χ1n) is 4.63. The van der Waals surface area contributed by atoms with Crippen molar-refractivity contribution in [1.82, 2.24) is 15.1 Å². The van der Waals surface area contributed by atoms with Crippen LogP contribution in [0.25, 0.3) is 0 Å². The van der Waals surface area contributed by atoms with Crippen molar-refractivity contribution in [2.24, 2.45) is 13.0 Å². The first kappa shape index (κ1) is 9.21. The number of aromatic nitrogens is 2. The van der Waals surface area contributed by atoms with Gasteiger partial charge in [0.05, 0.1) is 12.1 Å². The van der Waals surface area contributed by atoms with Crippen LogP contribution in [0.2, 0.25) is 0 Å². The molecule has 14 heavy (non-hydrogen) atoms. The van der Waals surface area contributed by atoms with E-state index >= 15 is 0 Å². The third-order valence-electron chi connectivity index (χ3n) is 2.62. The van der Waals surface area contributed by atoms with E-state index in [4.69, 9.17) is 5.11 Å². The van der Waals surface area contributed by atoms with Crippen molar-refractivity contribution < 1.29 is 9.90 Å². The Kier molecular flexibility index (Phi) is 2.25. The number of nitrogens with zero attached hydrogens (tertiary/aromatic N) is 2. The number of aryl methyl sites for hydroxylation is 1. The van der Waals surface area contributed by atoms with Crippen molar-refractivity contribution in [2.45, 2.75) is 12.5 Å². The Morgan fingerprint density at radius 2 is 2.57 bits per heavy atom. The molecule has 76 valence electrons. The lowest BCUT2D eigenvalue weighted by Crippen LogP contribution is -2.22. The zero-order chi connectivity index (χ0) is 10.1. The highest BCUT2D eigenvalue weighted by Gasteiger charge is 2.34. The van der Waals surface area contributed by atoms with Gasteiger partial charge in [-0.25, -0.2) is 0 Å². The SMILES string of the molecule is Cn1cc(C2NCCC2C(=O)O)cn1. The molecule has 2 rings (SSSR count). The summed E-state index contributed by atoms with van der Waals surface area (Å²) in [6.07, 6.45) is 4.27. The second-order valence-corrected chi connectivity index (χ2v) is 3.61. The van der Waals surface area contributed by atoms with Gasteiger partial charge in [0.1, 0.15) is 0 Å². The van der Waals surface area contributed by atoms with Gasteiger partial charge in [0, 0.05) is 24.8 Å². The smallest absolute Gasteiger partial charge is 0.308 e. The monoisotopic (exact) mass is 195 g/mol. The molecule has 1 fully saturated rings. The van der Waals surface area contributed by atoms with Gasteiger partial charge in [0.2, 0.25) is 0 Å². The summed E-state index contributed by atoms with van der Waals surface area (Å²) >= 11 is 0. The molecule has 2 unspecified atom stereocenters. The van der Waals surface area contributed by atoms with Crippen molar-refractivity contribution in [3.8, 4) is 0 Å². The molecule has 2 atom stereocenters. The molecule has 0 spiro atoms. The fourth-order valence-electron chi connectivity index (χ4n) is 1.92. The van der Waals surface area contributed by atoms with Crippen molar-refractivity contribution in [1.29, 1.82) is 0 Å². The maximum absolute atomic E-state index is 10.9. The van der Waals surface area contributed by atoms with Crippen LogP contribution in [0, 0.1) is 5.92 Å². The van der Waals surface area contributed by atoms with E-state index in [1.165, 1.54) is 0 Å². The number of nitrogens with one attached hydrogen (secondary N) is 1. The highest BCUT2D eigenvalue weighted by atomic mass is 16.4. The Morgan fingerprint density at radius 3 is 3.14 bits per heavy atom. The average Bonchev–Trinajstić information content (AvgIpc) is 2.70. The van der Waals surface area contributed by atoms with Crippen molar-refractivity contribution >= 4 is 5.97 Å². The van der Waals surface area contributed by atoms with E-state index in [-0.39, 0.29) is 12.0 Å². The van der Waals surface area contributed by atoms with Gasteiger partial charge in [-0.05, 0) is 13.0 Å². The first-order valence-corrected chi connectivity index (χ1v) is 4.63. The molecule has 1 aliphatic heterocycles. The molecular weight excluding hydrogens is 182 g/mol. The normalized spacial score (nSPS) is 26.6. The van der Waals surface area contributed by atoms with Gasteiger partial charge in [-0.2, -0.15) is 5.10 Å². The molecule has 1 aromatic rings. The van der Waals surface area contributed by atoms with Gasteiger partial charge in [-0.15, -0.1) is 0 Å². The predicted molar refractivity (Wildman–Crippen MR) is 49.7 cm³/mol. The summed E-state index contributed by atoms with van der Waals surface area (Å²) in [6, 6.07) is -0.0822. The van der Waals surface area contributed by atoms with Crippen LogP contribution >= 0.6 is 0 Å². The minimum Gasteiger partial charge on any atom is -0.481 e. The van der Waals surface area contributed by atoms with Gasteiger partial charge >= 0.3 is 5.97 Å². The Morgan fingerprint density at radius 1 is 1.79 bits per heavy atom. The van der Waals surface area contributed by atoms with Gasteiger partial charge < -0.3 is 10.4 Å². The van der Waals surface area contributed by atoms with Gasteiger partial charge in [0.15, 0.2) is 0 Å². The summed E-state index contributed by atoms with van der Waals surface area (Å²) in [6.45, 7) is 0.760. The molecule has 0 saturated carbocycles. The van der Waals surface area contributed by atoms with E-state index in [2.05, 4.69) is 10.4 Å². The first-order chi connectivity index (χ1) is 6.68. The van der Waals surface area contributed by atoms with Gasteiger partial charge in [-0.1, -0.05) is 0 Å². The van der Waals surface area contributed by atoms with Crippen LogP contribution in [0.15, 0.2) is 12.4 Å². The fraction of sp³-hybridized carbons (Fsp3) is 0.556. The summed E-state index contributed by atoms with van der Waals surface area (Å²) in [5.74, 6) is -1.05. The number of carbonyl (C=O) groups is 1. The Labute approximate surface area is 81.7 Å². The fourth-order valence-corrected chi connectivity index (χ4v) is 1.92. The number of carboxylic acids is 1. The second-order valence-electron chi connectivity index (χ2n) is 3.61. The third kappa shape index (κ3) is 1.50. The highest BCUT2D eigenvalue weighted by molar-refractivity contribution is 5.71. The molecule has 0 aromatic carbocycles. The summed E-state index contributed by atoms with van der Waals surface area (Å²) in [7, 11) is 1.83. The summed E-state index contributed by atoms with van der Waals surface area (Å²) < 4.78 is 1.69. The molecule has 1 saturated heterocycles. The van der Waals surface area contributed by atoms with E-state index < -0.39 is 5.97 Å². The number of hydrogen-bond acceptors (Lipinski definition) is 3. The molecular formula is C9H13N3O2. The zero-order valence-electron chi connectivity index (χ0n) is 7.97. The van der Waals surface area contributed by atoms with Crippen molar-refractivity contribution in [3.05, 3.63) is 18.0 Å². The molecule has 1 aromatic heterocycles. The lowest BCUT2D eigenvalue weighted by atomic mass is 9.97. The number of rotatable bonds is 2. The summed E-state index contributed by atoms with van der Waals surface area (Å²) in [4.78, 5) is 10.9. The standard InChI is InChI=1S/C9H13N3O2/c1-12-5-6(4-11-12)8-7(9(13)14)2-3-10-8/h4-5,7-8,10H,2-3H2,1H3,(H,13,14). The van der Waals surface area contributed by atoms with Gasteiger partial charge in [0.25, 0.3) is 0 Å². The van der Waals surface area contributed by atoms with Crippen LogP contribution in [0.5, 0.6) is 0 Å². The van der Waals surface area contributed by atoms with Crippen LogP contribution < -0.4 is 5.32 Å². The maximum atomic E-state index is 10.9. The maximum Gasteiger partial charge on any atom is 0.308 e. The molecule has 0 bridgehead atoms. The molecule has 5 nitrogen and oxygen atoms in total. The Hall–Kier alpha value is -1.36. The van der Waals surface area contributed by atoms with Crippen LogP contribution in [0.3, 0.4) is 0 Å². The van der Waals surface area contributed by atoms with Crippen molar-refractivity contribution in [3.63, 3.8) is 0 Å². The minimum absolute atomic E-state index is 0.0822. The van der Waals surface area contributed by atoms with E-state index in [1.807, 2.05) is 13.2 Å². The minimum atomic E-state index is -0.733. The molecule has 1 aliphatic rings. The lowest BCUT2D eigenvalue weighted by Gasteiger charge is -2.13. The molecule has 5 heteroatoms. The Balaban J connectivity index is 2.21. The van der Waals surface area contributed by atoms with E-state index in [9.17, 15) is 4.79 Å². The highest BCUT2D eigenvalue weighted by Crippen LogP contribution is 2.29. The number of carboxylic acid groups (broad SMARTS) is 1. The molecule has 0 radical (unpaired) electrons. The van der Waals surface area contributed by atoms with E-state index in [1.54, 1.807) is 10.9 Å². The lowest BCUT2D eigenvalue weighted by molar-refractivity contribution is -0.142. The predicted octanol–water partition coefficient (Wildman–Crippen LogP) is 0.155. The van der Waals surface area contributed by atoms with Crippen molar-refractivity contribution in [2.75, 3.05) is 6.54 Å². The molecule has 0 aliphatic carbocycles. The number of aliphatic carboxylic acids is 1. The average molecular weight is 195 g/mol. The quantitative estimate of drug-likeness (QED) is 0.705. The summed E-state index contributed by atoms with van der Waals surface area (Å²) in [5, 5.41) is 16.2. The number of hydrogen-bond donors (Lipinski definition) is 2. The Bertz CT molecular complexity index is 348. The summed E-state index contributed by atoms with van der Waals surface area (Å²) in [5.41, 5.74) is 0.956. The van der Waals surface area contributed by atoms with E-state index in [0.29, 0.717) is 6.42 Å². The van der Waals surface area contributed by atoms with Crippen LogP contribution in [0.4, 0.5) is 0 Å². The van der Waals surface area contributed by atoms with Gasteiger partial charge in [-0.3, -0.25) is 9.48 Å². The molecule has 2 heterocycles. The molecule has 2 N–H and O–H groups in total. The van der Waals surface area contributed by atoms with Crippen LogP contribution in [-0.2, 0) is 11.8 Å². The van der Waals surface area contributed by atoms with Crippen LogP contribution in [0.1, 0.15) is 18.0 Å². The third-order valence-corrected chi connectivity index (χ3v) is 2.62.